The minimum Gasteiger partial charge on any atom is -0.299 e. The summed E-state index contributed by atoms with van der Waals surface area (Å²) in [6, 6.07) is 0.534. The van der Waals surface area contributed by atoms with E-state index in [-0.39, 0.29) is 0 Å². The smallest absolute Gasteiger partial charge is 0.0659 e. The molecule has 0 spiro atoms. The van der Waals surface area contributed by atoms with Gasteiger partial charge in [-0.1, -0.05) is 0 Å². The maximum absolute atomic E-state index is 11.6. The summed E-state index contributed by atoms with van der Waals surface area (Å²) in [5, 5.41) is 0. The van der Waals surface area contributed by atoms with Gasteiger partial charge in [0.15, 0.2) is 0 Å². The highest BCUT2D eigenvalue weighted by Gasteiger charge is 2.21. The Labute approximate surface area is 74.3 Å². The second kappa shape index (κ2) is 3.72. The second-order valence-electron chi connectivity index (χ2n) is 3.42. The van der Waals surface area contributed by atoms with Crippen LogP contribution in [0.3, 0.4) is 0 Å². The third-order valence-corrected chi connectivity index (χ3v) is 4.34. The molecule has 0 aromatic carbocycles. The van der Waals surface area contributed by atoms with Crippen LogP contribution in [0.5, 0.6) is 0 Å². The molecule has 1 heterocycles. The van der Waals surface area contributed by atoms with Gasteiger partial charge in [-0.15, -0.1) is 0 Å². The standard InChI is InChI=1S/C7H17N3OS/c1-7(2)10-3-5-12(11,9-8)6-4-10/h7H,3-6,8H2,1-2H3. The van der Waals surface area contributed by atoms with E-state index in [1.807, 2.05) is 0 Å². The summed E-state index contributed by atoms with van der Waals surface area (Å²) >= 11 is 0. The molecule has 1 fully saturated rings. The van der Waals surface area contributed by atoms with E-state index in [9.17, 15) is 4.21 Å². The Hall–Kier alpha value is -0.130. The van der Waals surface area contributed by atoms with Gasteiger partial charge in [-0.25, -0.2) is 10.1 Å². The molecule has 0 saturated carbocycles. The lowest BCUT2D eigenvalue weighted by atomic mass is 10.3. The number of hydrogen-bond acceptors (Lipinski definition) is 3. The molecule has 1 rings (SSSR count). The van der Waals surface area contributed by atoms with Crippen molar-refractivity contribution < 1.29 is 4.21 Å². The quantitative estimate of drug-likeness (QED) is 0.471. The van der Waals surface area contributed by atoms with E-state index in [1.165, 1.54) is 0 Å². The van der Waals surface area contributed by atoms with Crippen LogP contribution in [0.25, 0.3) is 0 Å². The van der Waals surface area contributed by atoms with Crippen LogP contribution >= 0.6 is 0 Å². The molecule has 1 aliphatic rings. The molecule has 0 aromatic rings. The van der Waals surface area contributed by atoms with Crippen LogP contribution in [0.15, 0.2) is 4.47 Å². The van der Waals surface area contributed by atoms with Crippen molar-refractivity contribution in [3.63, 3.8) is 0 Å². The van der Waals surface area contributed by atoms with E-state index >= 15 is 0 Å². The van der Waals surface area contributed by atoms with Crippen LogP contribution in [0, 0.1) is 0 Å². The lowest BCUT2D eigenvalue weighted by Crippen LogP contribution is -2.43. The molecule has 0 bridgehead atoms. The van der Waals surface area contributed by atoms with E-state index in [2.05, 4.69) is 23.2 Å². The Kier molecular flexibility index (Phi) is 3.09. The Morgan fingerprint density at radius 3 is 2.25 bits per heavy atom. The second-order valence-corrected chi connectivity index (χ2v) is 5.99. The van der Waals surface area contributed by atoms with Gasteiger partial charge in [-0.3, -0.25) is 4.90 Å². The first-order valence-electron chi connectivity index (χ1n) is 4.23. The van der Waals surface area contributed by atoms with Crippen LogP contribution in [0.4, 0.5) is 0 Å². The first-order chi connectivity index (χ1) is 5.57. The third kappa shape index (κ3) is 2.18. The first-order valence-corrected chi connectivity index (χ1v) is 6.08. The normalized spacial score (nSPS) is 24.3. The summed E-state index contributed by atoms with van der Waals surface area (Å²) in [5.74, 6) is 6.34. The molecule has 5 heteroatoms. The predicted molar refractivity (Wildman–Crippen MR) is 51.2 cm³/mol. The number of rotatable bonds is 1. The number of nitrogens with zero attached hydrogens (tertiary/aromatic N) is 2. The van der Waals surface area contributed by atoms with Crippen molar-refractivity contribution in [3.8, 4) is 0 Å². The Bertz CT molecular complexity index is 241. The summed E-state index contributed by atoms with van der Waals surface area (Å²) in [6.45, 7) is 6.01. The van der Waals surface area contributed by atoms with Crippen molar-refractivity contribution >= 4 is 9.73 Å². The summed E-state index contributed by atoms with van der Waals surface area (Å²) in [4.78, 5) is 2.30. The molecule has 0 amide bonds. The molecule has 72 valence electrons. The highest BCUT2D eigenvalue weighted by Crippen LogP contribution is 2.08. The van der Waals surface area contributed by atoms with Gasteiger partial charge in [-0.2, -0.15) is 4.47 Å². The fraction of sp³-hybridized carbons (Fsp3) is 1.00. The topological polar surface area (TPSA) is 58.7 Å². The molecule has 2 N–H and O–H groups in total. The van der Waals surface area contributed by atoms with Crippen molar-refractivity contribution in [3.05, 3.63) is 0 Å². The fourth-order valence-electron chi connectivity index (χ4n) is 1.36. The average molecular weight is 191 g/mol. The van der Waals surface area contributed by atoms with Crippen LogP contribution in [-0.4, -0.2) is 39.7 Å². The summed E-state index contributed by atoms with van der Waals surface area (Å²) in [7, 11) is -2.03. The van der Waals surface area contributed by atoms with Gasteiger partial charge >= 0.3 is 0 Å². The minimum atomic E-state index is -2.03. The SMILES string of the molecule is CC(C)N1CCS(=O)(=NN)CC1. The molecule has 1 aliphatic heterocycles. The maximum Gasteiger partial charge on any atom is 0.0659 e. The average Bonchev–Trinajstić information content (AvgIpc) is 2.05. The van der Waals surface area contributed by atoms with Crippen LogP contribution in [-0.2, 0) is 9.73 Å². The van der Waals surface area contributed by atoms with Gasteiger partial charge in [0.1, 0.15) is 0 Å². The molecule has 1 saturated heterocycles. The van der Waals surface area contributed by atoms with Gasteiger partial charge in [-0.05, 0) is 13.8 Å². The van der Waals surface area contributed by atoms with E-state index in [1.54, 1.807) is 0 Å². The van der Waals surface area contributed by atoms with E-state index in [0.29, 0.717) is 17.5 Å². The number of hydrogen-bond donors (Lipinski definition) is 1. The Balaban J connectivity index is 2.57. The molecule has 4 nitrogen and oxygen atoms in total. The Morgan fingerprint density at radius 2 is 1.92 bits per heavy atom. The monoisotopic (exact) mass is 191 g/mol. The van der Waals surface area contributed by atoms with Gasteiger partial charge in [0.2, 0.25) is 0 Å². The van der Waals surface area contributed by atoms with Crippen molar-refractivity contribution in [1.82, 2.24) is 4.90 Å². The lowest BCUT2D eigenvalue weighted by molar-refractivity contribution is 0.242. The van der Waals surface area contributed by atoms with Gasteiger partial charge in [0.25, 0.3) is 0 Å². The van der Waals surface area contributed by atoms with E-state index in [0.717, 1.165) is 13.1 Å². The summed E-state index contributed by atoms with van der Waals surface area (Å²) in [5.41, 5.74) is 0. The number of nitrogens with two attached hydrogens (primary N) is 1. The molecular weight excluding hydrogens is 174 g/mol. The molecule has 12 heavy (non-hydrogen) atoms. The first kappa shape index (κ1) is 9.95. The third-order valence-electron chi connectivity index (χ3n) is 2.32. The highest BCUT2D eigenvalue weighted by molar-refractivity contribution is 7.93. The zero-order valence-corrected chi connectivity index (χ0v) is 8.51. The lowest BCUT2D eigenvalue weighted by Gasteiger charge is -2.31. The van der Waals surface area contributed by atoms with Crippen LogP contribution in [0.2, 0.25) is 0 Å². The summed E-state index contributed by atoms with van der Waals surface area (Å²) in [6.07, 6.45) is 0. The minimum absolute atomic E-state index is 0.534. The molecule has 0 unspecified atom stereocenters. The van der Waals surface area contributed by atoms with Gasteiger partial charge < -0.3 is 0 Å². The zero-order chi connectivity index (χ0) is 9.19. The van der Waals surface area contributed by atoms with E-state index in [4.69, 9.17) is 5.84 Å². The largest absolute Gasteiger partial charge is 0.299 e. The maximum atomic E-state index is 11.6. The zero-order valence-electron chi connectivity index (χ0n) is 7.69. The highest BCUT2D eigenvalue weighted by atomic mass is 32.2. The van der Waals surface area contributed by atoms with Crippen molar-refractivity contribution in [2.45, 2.75) is 19.9 Å². The molecular formula is C7H17N3OS. The molecule has 0 aromatic heterocycles. The van der Waals surface area contributed by atoms with E-state index < -0.39 is 9.73 Å². The fourth-order valence-corrected chi connectivity index (χ4v) is 2.81. The van der Waals surface area contributed by atoms with Gasteiger partial charge in [0, 0.05) is 30.6 Å². The van der Waals surface area contributed by atoms with Crippen molar-refractivity contribution in [2.75, 3.05) is 24.6 Å². The Morgan fingerprint density at radius 1 is 1.42 bits per heavy atom. The van der Waals surface area contributed by atoms with Crippen molar-refractivity contribution in [1.29, 1.82) is 0 Å². The molecule has 0 radical (unpaired) electrons. The van der Waals surface area contributed by atoms with Gasteiger partial charge in [0.05, 0.1) is 9.73 Å². The van der Waals surface area contributed by atoms with Crippen LogP contribution in [0.1, 0.15) is 13.8 Å². The summed E-state index contributed by atoms with van der Waals surface area (Å²) < 4.78 is 15.1. The molecule has 0 aliphatic carbocycles. The molecule has 0 atom stereocenters. The predicted octanol–water partition coefficient (Wildman–Crippen LogP) is 0.0521. The van der Waals surface area contributed by atoms with Crippen LogP contribution < -0.4 is 5.84 Å². The van der Waals surface area contributed by atoms with Crippen molar-refractivity contribution in [2.24, 2.45) is 10.3 Å².